The number of carbonyl (C=O) groups is 1. The molecule has 0 heterocycles. The number of methoxy groups -OCH3 is 1. The SMILES string of the molecule is COCCOCCOCCOCC(=O)O.[LiH]. The maximum atomic E-state index is 10.0. The van der Waals surface area contributed by atoms with E-state index in [-0.39, 0.29) is 32.1 Å². The molecule has 0 bridgehead atoms. The van der Waals surface area contributed by atoms with E-state index in [2.05, 4.69) is 0 Å². The van der Waals surface area contributed by atoms with Crippen LogP contribution in [0.2, 0.25) is 0 Å². The van der Waals surface area contributed by atoms with Gasteiger partial charge in [-0.25, -0.2) is 4.79 Å². The minimum absolute atomic E-state index is 0. The van der Waals surface area contributed by atoms with Crippen LogP contribution in [0, 0.1) is 0 Å². The van der Waals surface area contributed by atoms with E-state index in [1.807, 2.05) is 0 Å². The second kappa shape index (κ2) is 14.9. The van der Waals surface area contributed by atoms with Crippen molar-refractivity contribution >= 4 is 24.8 Å². The van der Waals surface area contributed by atoms with Gasteiger partial charge in [0.05, 0.1) is 39.6 Å². The molecule has 0 rings (SSSR count). The van der Waals surface area contributed by atoms with Crippen molar-refractivity contribution in [1.29, 1.82) is 0 Å². The molecule has 0 aliphatic carbocycles. The minimum atomic E-state index is -0.974. The first-order valence-corrected chi connectivity index (χ1v) is 4.71. The number of hydrogen-bond donors (Lipinski definition) is 1. The third-order valence-corrected chi connectivity index (χ3v) is 1.40. The first-order valence-electron chi connectivity index (χ1n) is 4.71. The molecular weight excluding hydrogens is 211 g/mol. The van der Waals surface area contributed by atoms with E-state index < -0.39 is 5.97 Å². The van der Waals surface area contributed by atoms with Crippen molar-refractivity contribution in [3.8, 4) is 0 Å². The summed E-state index contributed by atoms with van der Waals surface area (Å²) in [7, 11) is 1.61. The normalized spacial score (nSPS) is 9.81. The molecule has 16 heavy (non-hydrogen) atoms. The fourth-order valence-corrected chi connectivity index (χ4v) is 0.742. The van der Waals surface area contributed by atoms with Gasteiger partial charge in [-0.1, -0.05) is 0 Å². The topological polar surface area (TPSA) is 74.2 Å². The fraction of sp³-hybridized carbons (Fsp3) is 0.889. The van der Waals surface area contributed by atoms with Gasteiger partial charge in [-0.05, 0) is 0 Å². The van der Waals surface area contributed by atoms with Crippen LogP contribution in [0.5, 0.6) is 0 Å². The molecule has 0 saturated carbocycles. The van der Waals surface area contributed by atoms with Crippen LogP contribution >= 0.6 is 0 Å². The first-order chi connectivity index (χ1) is 7.27. The van der Waals surface area contributed by atoms with Crippen LogP contribution in [0.15, 0.2) is 0 Å². The van der Waals surface area contributed by atoms with E-state index in [9.17, 15) is 4.79 Å². The average Bonchev–Trinajstić information content (AvgIpc) is 2.20. The van der Waals surface area contributed by atoms with E-state index in [1.165, 1.54) is 0 Å². The van der Waals surface area contributed by atoms with Gasteiger partial charge in [0.2, 0.25) is 0 Å². The van der Waals surface area contributed by atoms with E-state index in [0.29, 0.717) is 33.0 Å². The second-order valence-corrected chi connectivity index (χ2v) is 2.66. The van der Waals surface area contributed by atoms with E-state index >= 15 is 0 Å². The van der Waals surface area contributed by atoms with Gasteiger partial charge in [0.1, 0.15) is 6.61 Å². The van der Waals surface area contributed by atoms with Gasteiger partial charge >= 0.3 is 24.8 Å². The third-order valence-electron chi connectivity index (χ3n) is 1.40. The molecule has 7 heteroatoms. The summed E-state index contributed by atoms with van der Waals surface area (Å²) in [5.41, 5.74) is 0. The Labute approximate surface area is 107 Å². The van der Waals surface area contributed by atoms with Crippen molar-refractivity contribution in [2.75, 3.05) is 53.4 Å². The molecule has 0 fully saturated rings. The van der Waals surface area contributed by atoms with Crippen LogP contribution < -0.4 is 0 Å². The number of carboxylic acids is 1. The summed E-state index contributed by atoms with van der Waals surface area (Å²) in [5, 5.41) is 8.24. The van der Waals surface area contributed by atoms with Crippen LogP contribution in [0.3, 0.4) is 0 Å². The van der Waals surface area contributed by atoms with Gasteiger partial charge in [0, 0.05) is 7.11 Å². The Kier molecular flexibility index (Phi) is 17.0. The van der Waals surface area contributed by atoms with Crippen molar-refractivity contribution in [1.82, 2.24) is 0 Å². The zero-order chi connectivity index (χ0) is 11.4. The predicted molar refractivity (Wildman–Crippen MR) is 59.1 cm³/mol. The Hall–Kier alpha value is -0.0926. The van der Waals surface area contributed by atoms with Crippen LogP contribution in [-0.2, 0) is 23.7 Å². The summed E-state index contributed by atoms with van der Waals surface area (Å²) >= 11 is 0. The molecule has 0 aromatic heterocycles. The van der Waals surface area contributed by atoms with Crippen molar-refractivity contribution in [2.24, 2.45) is 0 Å². The number of aliphatic carboxylic acids is 1. The van der Waals surface area contributed by atoms with Crippen molar-refractivity contribution < 1.29 is 28.8 Å². The molecule has 0 aromatic rings. The number of rotatable bonds is 11. The van der Waals surface area contributed by atoms with Gasteiger partial charge in [0.25, 0.3) is 0 Å². The third kappa shape index (κ3) is 16.3. The van der Waals surface area contributed by atoms with Gasteiger partial charge in [-0.3, -0.25) is 0 Å². The number of carboxylic acid groups (broad SMARTS) is 1. The molecule has 0 saturated heterocycles. The molecule has 0 aliphatic heterocycles. The second-order valence-electron chi connectivity index (χ2n) is 2.66. The van der Waals surface area contributed by atoms with Crippen LogP contribution in [-0.4, -0.2) is 83.3 Å². The van der Waals surface area contributed by atoms with Crippen molar-refractivity contribution in [3.05, 3.63) is 0 Å². The Morgan fingerprint density at radius 2 is 1.38 bits per heavy atom. The fourth-order valence-electron chi connectivity index (χ4n) is 0.742. The van der Waals surface area contributed by atoms with Gasteiger partial charge < -0.3 is 24.1 Å². The molecular formula is C9H19LiO6. The molecule has 0 atom stereocenters. The summed E-state index contributed by atoms with van der Waals surface area (Å²) in [4.78, 5) is 10.0. The maximum absolute atomic E-state index is 10.0. The van der Waals surface area contributed by atoms with Crippen LogP contribution in [0.4, 0.5) is 0 Å². The standard InChI is InChI=1S/C9H18O6.Li.H/c1-12-2-3-13-4-5-14-6-7-15-8-9(10)11;;/h2-8H2,1H3,(H,10,11);;. The number of ether oxygens (including phenoxy) is 4. The Balaban J connectivity index is 0. The molecule has 1 N–H and O–H groups in total. The molecule has 0 aliphatic rings. The van der Waals surface area contributed by atoms with E-state index in [4.69, 9.17) is 24.1 Å². The molecule has 0 radical (unpaired) electrons. The summed E-state index contributed by atoms with van der Waals surface area (Å²) in [6.45, 7) is 2.47. The quantitative estimate of drug-likeness (QED) is 0.367. The summed E-state index contributed by atoms with van der Waals surface area (Å²) in [5.74, 6) is -0.974. The molecule has 0 unspecified atom stereocenters. The summed E-state index contributed by atoms with van der Waals surface area (Å²) in [6, 6.07) is 0. The molecule has 0 amide bonds. The predicted octanol–water partition coefficient (Wildman–Crippen LogP) is -0.881. The van der Waals surface area contributed by atoms with E-state index in [0.717, 1.165) is 0 Å². The Morgan fingerprint density at radius 1 is 0.938 bits per heavy atom. The molecule has 92 valence electrons. The van der Waals surface area contributed by atoms with Gasteiger partial charge in [-0.15, -0.1) is 0 Å². The van der Waals surface area contributed by atoms with Crippen LogP contribution in [0.25, 0.3) is 0 Å². The molecule has 0 aromatic carbocycles. The van der Waals surface area contributed by atoms with Gasteiger partial charge in [0.15, 0.2) is 0 Å². The molecule has 0 spiro atoms. The van der Waals surface area contributed by atoms with E-state index in [1.54, 1.807) is 7.11 Å². The monoisotopic (exact) mass is 230 g/mol. The number of hydrogen-bond acceptors (Lipinski definition) is 5. The van der Waals surface area contributed by atoms with Crippen LogP contribution in [0.1, 0.15) is 0 Å². The van der Waals surface area contributed by atoms with Crippen molar-refractivity contribution in [3.63, 3.8) is 0 Å². The molecule has 6 nitrogen and oxygen atoms in total. The van der Waals surface area contributed by atoms with Gasteiger partial charge in [-0.2, -0.15) is 0 Å². The summed E-state index contributed by atoms with van der Waals surface area (Å²) < 4.78 is 19.8. The zero-order valence-electron chi connectivity index (χ0n) is 8.94. The average molecular weight is 230 g/mol. The first kappa shape index (κ1) is 18.3. The summed E-state index contributed by atoms with van der Waals surface area (Å²) in [6.07, 6.45) is 0. The Morgan fingerprint density at radius 3 is 1.81 bits per heavy atom. The zero-order valence-corrected chi connectivity index (χ0v) is 8.94. The van der Waals surface area contributed by atoms with Crippen molar-refractivity contribution in [2.45, 2.75) is 0 Å². The Bertz CT molecular complexity index is 155.